The second kappa shape index (κ2) is 5.95. The van der Waals surface area contributed by atoms with Crippen molar-refractivity contribution >= 4 is 5.91 Å². The molecule has 3 N–H and O–H groups in total. The lowest BCUT2D eigenvalue weighted by molar-refractivity contribution is -0.148. The van der Waals surface area contributed by atoms with Gasteiger partial charge in [-0.25, -0.2) is 0 Å². The quantitative estimate of drug-likeness (QED) is 0.745. The number of carbonyl (C=O) groups is 1. The molecule has 2 unspecified atom stereocenters. The van der Waals surface area contributed by atoms with Crippen molar-refractivity contribution in [1.82, 2.24) is 5.32 Å². The second-order valence-electron chi connectivity index (χ2n) is 3.58. The van der Waals surface area contributed by atoms with E-state index in [1.165, 1.54) is 0 Å². The average molecular weight is 226 g/mol. The van der Waals surface area contributed by atoms with E-state index in [1.807, 2.05) is 6.92 Å². The molecule has 2 atom stereocenters. The molecule has 0 fully saturated rings. The van der Waals surface area contributed by atoms with Gasteiger partial charge < -0.3 is 11.1 Å². The summed E-state index contributed by atoms with van der Waals surface area (Å²) < 4.78 is 35.9. The number of amides is 1. The van der Waals surface area contributed by atoms with Crippen molar-refractivity contribution in [2.75, 3.05) is 6.54 Å². The van der Waals surface area contributed by atoms with Gasteiger partial charge in [-0.15, -0.1) is 0 Å². The van der Waals surface area contributed by atoms with Crippen LogP contribution < -0.4 is 11.1 Å². The average Bonchev–Trinajstić information content (AvgIpc) is 2.12. The molecule has 15 heavy (non-hydrogen) atoms. The predicted octanol–water partition coefficient (Wildman–Crippen LogP) is 1.43. The second-order valence-corrected chi connectivity index (χ2v) is 3.58. The molecule has 3 nitrogen and oxygen atoms in total. The van der Waals surface area contributed by atoms with Crippen molar-refractivity contribution in [1.29, 1.82) is 0 Å². The van der Waals surface area contributed by atoms with Crippen molar-refractivity contribution in [3.8, 4) is 0 Å². The van der Waals surface area contributed by atoms with Crippen LogP contribution in [0.15, 0.2) is 0 Å². The lowest BCUT2D eigenvalue weighted by atomic mass is 10.1. The topological polar surface area (TPSA) is 55.1 Å². The van der Waals surface area contributed by atoms with E-state index in [9.17, 15) is 18.0 Å². The summed E-state index contributed by atoms with van der Waals surface area (Å²) in [5.41, 5.74) is 4.83. The van der Waals surface area contributed by atoms with Gasteiger partial charge in [-0.05, 0) is 6.42 Å². The van der Waals surface area contributed by atoms with Gasteiger partial charge in [0.25, 0.3) is 0 Å². The SMILES string of the molecule is CCCC(C)C(=O)NCC(N)C(F)(F)F. The van der Waals surface area contributed by atoms with Crippen LogP contribution in [0.3, 0.4) is 0 Å². The summed E-state index contributed by atoms with van der Waals surface area (Å²) >= 11 is 0. The molecule has 0 radical (unpaired) electrons. The Balaban J connectivity index is 3.90. The van der Waals surface area contributed by atoms with Crippen LogP contribution in [-0.2, 0) is 4.79 Å². The van der Waals surface area contributed by atoms with Gasteiger partial charge in [0.1, 0.15) is 6.04 Å². The van der Waals surface area contributed by atoms with Crippen LogP contribution in [0, 0.1) is 5.92 Å². The molecule has 0 saturated carbocycles. The maximum absolute atomic E-state index is 12.0. The third kappa shape index (κ3) is 5.61. The maximum Gasteiger partial charge on any atom is 0.405 e. The number of rotatable bonds is 5. The van der Waals surface area contributed by atoms with E-state index in [0.29, 0.717) is 6.42 Å². The van der Waals surface area contributed by atoms with E-state index >= 15 is 0 Å². The van der Waals surface area contributed by atoms with Gasteiger partial charge in [-0.1, -0.05) is 20.3 Å². The van der Waals surface area contributed by atoms with Crippen molar-refractivity contribution in [2.24, 2.45) is 11.7 Å². The molecule has 0 bridgehead atoms. The Hall–Kier alpha value is -0.780. The highest BCUT2D eigenvalue weighted by atomic mass is 19.4. The molecule has 0 aromatic carbocycles. The summed E-state index contributed by atoms with van der Waals surface area (Å²) in [5, 5.41) is 2.19. The molecule has 0 spiro atoms. The van der Waals surface area contributed by atoms with E-state index in [0.717, 1.165) is 6.42 Å². The monoisotopic (exact) mass is 226 g/mol. The highest BCUT2D eigenvalue weighted by molar-refractivity contribution is 5.78. The smallest absolute Gasteiger partial charge is 0.354 e. The van der Waals surface area contributed by atoms with Gasteiger partial charge >= 0.3 is 6.18 Å². The number of hydrogen-bond donors (Lipinski definition) is 2. The molecule has 1 amide bonds. The number of carbonyl (C=O) groups excluding carboxylic acids is 1. The van der Waals surface area contributed by atoms with Gasteiger partial charge in [-0.3, -0.25) is 4.79 Å². The number of nitrogens with two attached hydrogens (primary N) is 1. The normalized spacial score (nSPS) is 15.9. The summed E-state index contributed by atoms with van der Waals surface area (Å²) in [6, 6.07) is -1.99. The van der Waals surface area contributed by atoms with Crippen LogP contribution in [-0.4, -0.2) is 24.7 Å². The fourth-order valence-electron chi connectivity index (χ4n) is 1.06. The van der Waals surface area contributed by atoms with Crippen LogP contribution in [0.25, 0.3) is 0 Å². The first-order valence-corrected chi connectivity index (χ1v) is 4.89. The van der Waals surface area contributed by atoms with E-state index in [1.54, 1.807) is 6.92 Å². The molecule has 0 aliphatic carbocycles. The minimum absolute atomic E-state index is 0.268. The van der Waals surface area contributed by atoms with Crippen molar-refractivity contribution in [2.45, 2.75) is 38.9 Å². The summed E-state index contributed by atoms with van der Waals surface area (Å²) in [6.07, 6.45) is -2.98. The highest BCUT2D eigenvalue weighted by Gasteiger charge is 2.36. The van der Waals surface area contributed by atoms with Crippen molar-refractivity contribution in [3.63, 3.8) is 0 Å². The minimum Gasteiger partial charge on any atom is -0.354 e. The van der Waals surface area contributed by atoms with Crippen LogP contribution in [0.2, 0.25) is 0 Å². The summed E-state index contributed by atoms with van der Waals surface area (Å²) in [5.74, 6) is -0.646. The molecule has 0 aromatic heterocycles. The lowest BCUT2D eigenvalue weighted by Crippen LogP contribution is -2.47. The molecule has 6 heteroatoms. The van der Waals surface area contributed by atoms with Crippen molar-refractivity contribution < 1.29 is 18.0 Å². The summed E-state index contributed by atoms with van der Waals surface area (Å²) in [7, 11) is 0. The van der Waals surface area contributed by atoms with E-state index in [4.69, 9.17) is 5.73 Å². The van der Waals surface area contributed by atoms with Crippen LogP contribution in [0.5, 0.6) is 0 Å². The molecular weight excluding hydrogens is 209 g/mol. The number of nitrogens with one attached hydrogen (secondary N) is 1. The van der Waals surface area contributed by atoms with Gasteiger partial charge in [0.2, 0.25) is 5.91 Å². The minimum atomic E-state index is -4.46. The van der Waals surface area contributed by atoms with Crippen LogP contribution in [0.1, 0.15) is 26.7 Å². The fourth-order valence-corrected chi connectivity index (χ4v) is 1.06. The zero-order valence-electron chi connectivity index (χ0n) is 8.90. The Morgan fingerprint density at radius 3 is 2.40 bits per heavy atom. The number of hydrogen-bond acceptors (Lipinski definition) is 2. The predicted molar refractivity (Wildman–Crippen MR) is 51.1 cm³/mol. The Bertz CT molecular complexity index is 206. The molecule has 0 saturated heterocycles. The Morgan fingerprint density at radius 2 is 2.00 bits per heavy atom. The lowest BCUT2D eigenvalue weighted by Gasteiger charge is -2.17. The Kier molecular flexibility index (Phi) is 5.64. The van der Waals surface area contributed by atoms with Gasteiger partial charge in [0, 0.05) is 12.5 Å². The number of halogens is 3. The van der Waals surface area contributed by atoms with Gasteiger partial charge in [0.05, 0.1) is 0 Å². The first-order chi connectivity index (χ1) is 6.79. The molecule has 90 valence electrons. The molecule has 0 heterocycles. The number of alkyl halides is 3. The Labute approximate surface area is 87.2 Å². The maximum atomic E-state index is 12.0. The summed E-state index contributed by atoms with van der Waals surface area (Å²) in [6.45, 7) is 3.03. The fraction of sp³-hybridized carbons (Fsp3) is 0.889. The molecule has 0 aromatic rings. The van der Waals surface area contributed by atoms with E-state index in [-0.39, 0.29) is 11.8 Å². The van der Waals surface area contributed by atoms with E-state index < -0.39 is 18.8 Å². The summed E-state index contributed by atoms with van der Waals surface area (Å²) in [4.78, 5) is 11.2. The Morgan fingerprint density at radius 1 is 1.47 bits per heavy atom. The third-order valence-electron chi connectivity index (χ3n) is 2.09. The molecule has 0 aliphatic heterocycles. The first kappa shape index (κ1) is 14.2. The zero-order chi connectivity index (χ0) is 12.1. The standard InChI is InChI=1S/C9H17F3N2O/c1-3-4-6(2)8(15)14-5-7(13)9(10,11)12/h6-7H,3-5,13H2,1-2H3,(H,14,15). The largest absolute Gasteiger partial charge is 0.405 e. The van der Waals surface area contributed by atoms with Crippen LogP contribution in [0.4, 0.5) is 13.2 Å². The third-order valence-corrected chi connectivity index (χ3v) is 2.09. The molecule has 0 rings (SSSR count). The van der Waals surface area contributed by atoms with Crippen molar-refractivity contribution in [3.05, 3.63) is 0 Å². The zero-order valence-corrected chi connectivity index (χ0v) is 8.90. The first-order valence-electron chi connectivity index (χ1n) is 4.89. The molecule has 0 aliphatic rings. The van der Waals surface area contributed by atoms with Gasteiger partial charge in [0.15, 0.2) is 0 Å². The van der Waals surface area contributed by atoms with Crippen LogP contribution >= 0.6 is 0 Å². The van der Waals surface area contributed by atoms with E-state index in [2.05, 4.69) is 5.32 Å². The van der Waals surface area contributed by atoms with Gasteiger partial charge in [-0.2, -0.15) is 13.2 Å². The highest BCUT2D eigenvalue weighted by Crippen LogP contribution is 2.17. The molecular formula is C9H17F3N2O.